The Morgan fingerprint density at radius 1 is 1.56 bits per heavy atom. The van der Waals surface area contributed by atoms with Gasteiger partial charge in [-0.1, -0.05) is 0 Å². The molecule has 2 heteroatoms. The Morgan fingerprint density at radius 3 is 2.78 bits per heavy atom. The van der Waals surface area contributed by atoms with Crippen LogP contribution in [0.2, 0.25) is 0 Å². The van der Waals surface area contributed by atoms with Gasteiger partial charge in [-0.15, -0.1) is 11.8 Å². The van der Waals surface area contributed by atoms with Crippen LogP contribution in [0.15, 0.2) is 0 Å². The molecule has 1 saturated heterocycles. The fourth-order valence-corrected chi connectivity index (χ4v) is 2.19. The molecule has 1 unspecified atom stereocenters. The minimum absolute atomic E-state index is 0.403. The number of hydrogen-bond acceptors (Lipinski definition) is 2. The zero-order chi connectivity index (χ0) is 6.69. The predicted octanol–water partition coefficient (Wildman–Crippen LogP) is 2.26. The highest BCUT2D eigenvalue weighted by Gasteiger charge is 2.16. The predicted molar refractivity (Wildman–Crippen MR) is 41.7 cm³/mol. The van der Waals surface area contributed by atoms with Crippen molar-refractivity contribution in [3.05, 3.63) is 0 Å². The first kappa shape index (κ1) is 7.42. The van der Waals surface area contributed by atoms with Gasteiger partial charge < -0.3 is 4.74 Å². The van der Waals surface area contributed by atoms with Crippen molar-refractivity contribution < 1.29 is 4.74 Å². The Balaban J connectivity index is 2.11. The average Bonchev–Trinajstić information content (AvgIpc) is 2.15. The molecule has 0 aromatic rings. The molecule has 0 bridgehead atoms. The van der Waals surface area contributed by atoms with Crippen molar-refractivity contribution >= 4 is 11.8 Å². The molecule has 0 spiro atoms. The van der Waals surface area contributed by atoms with Gasteiger partial charge in [0.2, 0.25) is 0 Å². The number of ether oxygens (including phenoxy) is 1. The highest BCUT2D eigenvalue weighted by molar-refractivity contribution is 8.00. The van der Waals surface area contributed by atoms with Gasteiger partial charge in [0.25, 0.3) is 0 Å². The molecule has 0 aliphatic carbocycles. The zero-order valence-corrected chi connectivity index (χ0v) is 6.91. The van der Waals surface area contributed by atoms with E-state index >= 15 is 0 Å². The van der Waals surface area contributed by atoms with Crippen molar-refractivity contribution in [1.29, 1.82) is 0 Å². The van der Waals surface area contributed by atoms with E-state index in [0.717, 1.165) is 0 Å². The quantitative estimate of drug-likeness (QED) is 0.591. The smallest absolute Gasteiger partial charge is 0.103 e. The second-order valence-electron chi connectivity index (χ2n) is 2.63. The van der Waals surface area contributed by atoms with Crippen LogP contribution >= 0.6 is 11.8 Å². The number of rotatable bonds is 2. The first-order chi connectivity index (χ1) is 4.29. The molecule has 0 aromatic heterocycles. The Kier molecular flexibility index (Phi) is 2.86. The van der Waals surface area contributed by atoms with Crippen molar-refractivity contribution in [1.82, 2.24) is 0 Å². The van der Waals surface area contributed by atoms with E-state index < -0.39 is 0 Å². The Labute approximate surface area is 61.2 Å². The molecule has 1 aliphatic heterocycles. The Morgan fingerprint density at radius 2 is 2.33 bits per heavy atom. The van der Waals surface area contributed by atoms with E-state index in [1.165, 1.54) is 18.6 Å². The Hall–Kier alpha value is 0.310. The summed E-state index contributed by atoms with van der Waals surface area (Å²) in [5.74, 6) is 1.29. The summed E-state index contributed by atoms with van der Waals surface area (Å²) in [6.45, 7) is 4.19. The van der Waals surface area contributed by atoms with Crippen LogP contribution in [0.3, 0.4) is 0 Å². The molecule has 1 fully saturated rings. The molecule has 1 heterocycles. The van der Waals surface area contributed by atoms with Gasteiger partial charge in [0, 0.05) is 0 Å². The first-order valence-corrected chi connectivity index (χ1v) is 4.61. The van der Waals surface area contributed by atoms with Crippen LogP contribution < -0.4 is 0 Å². The van der Waals surface area contributed by atoms with Gasteiger partial charge in [-0.3, -0.25) is 0 Å². The SMILES string of the molecule is CC(C)OC1CCCS1. The van der Waals surface area contributed by atoms with Gasteiger partial charge in [-0.25, -0.2) is 0 Å². The largest absolute Gasteiger partial charge is 0.365 e. The number of thioether (sulfide) groups is 1. The lowest BCUT2D eigenvalue weighted by Crippen LogP contribution is -2.10. The summed E-state index contributed by atoms with van der Waals surface area (Å²) in [6, 6.07) is 0. The second kappa shape index (κ2) is 3.47. The van der Waals surface area contributed by atoms with Gasteiger partial charge in [0.05, 0.1) is 6.10 Å². The third kappa shape index (κ3) is 2.59. The zero-order valence-electron chi connectivity index (χ0n) is 6.09. The summed E-state index contributed by atoms with van der Waals surface area (Å²) < 4.78 is 5.57. The summed E-state index contributed by atoms with van der Waals surface area (Å²) in [5.41, 5.74) is 0.505. The minimum Gasteiger partial charge on any atom is -0.365 e. The topological polar surface area (TPSA) is 9.23 Å². The van der Waals surface area contributed by atoms with Gasteiger partial charge in [0.15, 0.2) is 0 Å². The van der Waals surface area contributed by atoms with Crippen molar-refractivity contribution in [2.45, 2.75) is 38.2 Å². The molecule has 0 saturated carbocycles. The van der Waals surface area contributed by atoms with Crippen molar-refractivity contribution in [2.24, 2.45) is 0 Å². The molecule has 1 atom stereocenters. The Bertz CT molecular complexity index is 77.0. The van der Waals surface area contributed by atoms with E-state index in [1.807, 2.05) is 11.8 Å². The molecule has 0 radical (unpaired) electrons. The lowest BCUT2D eigenvalue weighted by atomic mass is 10.3. The fourth-order valence-electron chi connectivity index (χ4n) is 0.959. The van der Waals surface area contributed by atoms with Gasteiger partial charge in [-0.05, 0) is 32.4 Å². The highest BCUT2D eigenvalue weighted by atomic mass is 32.2. The van der Waals surface area contributed by atoms with Crippen LogP contribution in [0.1, 0.15) is 26.7 Å². The van der Waals surface area contributed by atoms with E-state index in [2.05, 4.69) is 13.8 Å². The van der Waals surface area contributed by atoms with Crippen LogP contribution in [0.4, 0.5) is 0 Å². The van der Waals surface area contributed by atoms with Crippen molar-refractivity contribution in [3.8, 4) is 0 Å². The van der Waals surface area contributed by atoms with Crippen LogP contribution in [-0.2, 0) is 4.74 Å². The molecule has 1 nitrogen and oxygen atoms in total. The van der Waals surface area contributed by atoms with E-state index in [0.29, 0.717) is 11.5 Å². The summed E-state index contributed by atoms with van der Waals surface area (Å²) in [4.78, 5) is 0. The van der Waals surface area contributed by atoms with E-state index in [4.69, 9.17) is 4.74 Å². The van der Waals surface area contributed by atoms with Crippen molar-refractivity contribution in [2.75, 3.05) is 5.75 Å². The lowest BCUT2D eigenvalue weighted by Gasteiger charge is -2.12. The second-order valence-corrected chi connectivity index (χ2v) is 3.89. The molecule has 0 N–H and O–H groups in total. The minimum atomic E-state index is 0.403. The van der Waals surface area contributed by atoms with E-state index in [9.17, 15) is 0 Å². The van der Waals surface area contributed by atoms with Gasteiger partial charge >= 0.3 is 0 Å². The van der Waals surface area contributed by atoms with E-state index in [1.54, 1.807) is 0 Å². The molecular weight excluding hydrogens is 132 g/mol. The lowest BCUT2D eigenvalue weighted by molar-refractivity contribution is 0.0586. The standard InChI is InChI=1S/C7H14OS/c1-6(2)8-7-4-3-5-9-7/h6-7H,3-5H2,1-2H3. The van der Waals surface area contributed by atoms with Gasteiger partial charge in [-0.2, -0.15) is 0 Å². The monoisotopic (exact) mass is 146 g/mol. The molecule has 0 aromatic carbocycles. The molecule has 9 heavy (non-hydrogen) atoms. The first-order valence-electron chi connectivity index (χ1n) is 3.56. The van der Waals surface area contributed by atoms with Crippen LogP contribution in [0, 0.1) is 0 Å². The summed E-state index contributed by atoms with van der Waals surface area (Å²) in [5, 5.41) is 0. The average molecular weight is 146 g/mol. The van der Waals surface area contributed by atoms with Crippen molar-refractivity contribution in [3.63, 3.8) is 0 Å². The molecular formula is C7H14OS. The highest BCUT2D eigenvalue weighted by Crippen LogP contribution is 2.27. The number of hydrogen-bond donors (Lipinski definition) is 0. The maximum Gasteiger partial charge on any atom is 0.103 e. The third-order valence-corrected chi connectivity index (χ3v) is 2.55. The molecule has 1 aliphatic rings. The maximum absolute atomic E-state index is 5.57. The van der Waals surface area contributed by atoms with Crippen LogP contribution in [0.5, 0.6) is 0 Å². The third-order valence-electron chi connectivity index (χ3n) is 1.31. The molecule has 1 rings (SSSR count). The maximum atomic E-state index is 5.57. The summed E-state index contributed by atoms with van der Waals surface area (Å²) in [7, 11) is 0. The van der Waals surface area contributed by atoms with Crippen LogP contribution in [0.25, 0.3) is 0 Å². The molecule has 54 valence electrons. The van der Waals surface area contributed by atoms with E-state index in [-0.39, 0.29) is 0 Å². The summed E-state index contributed by atoms with van der Waals surface area (Å²) >= 11 is 1.95. The van der Waals surface area contributed by atoms with Crippen LogP contribution in [-0.4, -0.2) is 17.3 Å². The molecule has 0 amide bonds. The normalized spacial score (nSPS) is 27.7. The van der Waals surface area contributed by atoms with Gasteiger partial charge in [0.1, 0.15) is 5.44 Å². The fraction of sp³-hybridized carbons (Fsp3) is 1.00. The summed E-state index contributed by atoms with van der Waals surface area (Å²) in [6.07, 6.45) is 2.99.